The van der Waals surface area contributed by atoms with Crippen molar-refractivity contribution in [2.45, 2.75) is 6.10 Å². The molecule has 3 heteroatoms. The average Bonchev–Trinajstić information content (AvgIpc) is 2.05. The normalized spacial score (nSPS) is 13.0. The number of alkyl halides is 1. The summed E-state index contributed by atoms with van der Waals surface area (Å²) in [6.45, 7) is -0.722. The molecule has 0 bridgehead atoms. The Labute approximate surface area is 78.4 Å². The lowest BCUT2D eigenvalue weighted by molar-refractivity contribution is 0.142. The minimum Gasteiger partial charge on any atom is -0.386 e. The summed E-state index contributed by atoms with van der Waals surface area (Å²) >= 11 is 2.16. The zero-order valence-electron chi connectivity index (χ0n) is 5.80. The summed E-state index contributed by atoms with van der Waals surface area (Å²) in [5.41, 5.74) is 0.632. The van der Waals surface area contributed by atoms with Crippen LogP contribution in [0.5, 0.6) is 0 Å². The number of rotatable bonds is 2. The maximum absolute atomic E-state index is 11.9. The third kappa shape index (κ3) is 2.41. The highest BCUT2D eigenvalue weighted by molar-refractivity contribution is 14.1. The molecule has 0 saturated carbocycles. The van der Waals surface area contributed by atoms with Gasteiger partial charge in [-0.2, -0.15) is 0 Å². The predicted octanol–water partition coefficient (Wildman–Crippen LogP) is 2.29. The number of hydrogen-bond donors (Lipinski definition) is 1. The highest BCUT2D eigenvalue weighted by atomic mass is 127. The van der Waals surface area contributed by atoms with Crippen molar-refractivity contribution in [3.63, 3.8) is 0 Å². The summed E-state index contributed by atoms with van der Waals surface area (Å²) in [6.07, 6.45) is -0.966. The van der Waals surface area contributed by atoms with Gasteiger partial charge in [0.2, 0.25) is 0 Å². The predicted molar refractivity (Wildman–Crippen MR) is 50.1 cm³/mol. The molecule has 0 amide bonds. The van der Waals surface area contributed by atoms with Crippen LogP contribution in [-0.4, -0.2) is 11.8 Å². The molecule has 0 aromatic heterocycles. The molecule has 60 valence electrons. The quantitative estimate of drug-likeness (QED) is 0.814. The van der Waals surface area contributed by atoms with Gasteiger partial charge in [-0.15, -0.1) is 0 Å². The van der Waals surface area contributed by atoms with Crippen molar-refractivity contribution in [1.29, 1.82) is 0 Å². The van der Waals surface area contributed by atoms with Gasteiger partial charge in [-0.3, -0.25) is 0 Å². The second-order valence-corrected chi connectivity index (χ2v) is 3.47. The standard InChI is InChI=1S/C8H8FIO/c9-5-8(11)6-1-3-7(10)4-2-6/h1-4,8,11H,5H2. The molecular formula is C8H8FIO. The summed E-state index contributed by atoms with van der Waals surface area (Å²) in [4.78, 5) is 0. The van der Waals surface area contributed by atoms with E-state index in [0.29, 0.717) is 5.56 Å². The van der Waals surface area contributed by atoms with Crippen LogP contribution in [0.25, 0.3) is 0 Å². The third-order valence-corrected chi connectivity index (χ3v) is 2.12. The second kappa shape index (κ2) is 4.01. The van der Waals surface area contributed by atoms with Crippen LogP contribution < -0.4 is 0 Å². The molecule has 0 saturated heterocycles. The van der Waals surface area contributed by atoms with Gasteiger partial charge in [0.1, 0.15) is 12.8 Å². The first kappa shape index (κ1) is 8.93. The first-order valence-corrected chi connectivity index (χ1v) is 4.31. The topological polar surface area (TPSA) is 20.2 Å². The van der Waals surface area contributed by atoms with Crippen molar-refractivity contribution in [3.05, 3.63) is 33.4 Å². The van der Waals surface area contributed by atoms with Crippen molar-refractivity contribution in [2.24, 2.45) is 0 Å². The van der Waals surface area contributed by atoms with E-state index in [0.717, 1.165) is 3.57 Å². The lowest BCUT2D eigenvalue weighted by Gasteiger charge is -2.04. The molecule has 1 rings (SSSR count). The molecule has 1 unspecified atom stereocenters. The fourth-order valence-corrected chi connectivity index (χ4v) is 1.13. The Kier molecular flexibility index (Phi) is 3.26. The van der Waals surface area contributed by atoms with E-state index in [2.05, 4.69) is 22.6 Å². The van der Waals surface area contributed by atoms with E-state index >= 15 is 0 Å². The van der Waals surface area contributed by atoms with Gasteiger partial charge in [0.25, 0.3) is 0 Å². The smallest absolute Gasteiger partial charge is 0.119 e. The Morgan fingerprint density at radius 2 is 1.91 bits per heavy atom. The highest BCUT2D eigenvalue weighted by Gasteiger charge is 2.04. The lowest BCUT2D eigenvalue weighted by atomic mass is 10.1. The molecule has 0 aliphatic heterocycles. The largest absolute Gasteiger partial charge is 0.386 e. The van der Waals surface area contributed by atoms with Crippen LogP contribution in [0.1, 0.15) is 11.7 Å². The molecule has 0 aliphatic carbocycles. The van der Waals surface area contributed by atoms with Gasteiger partial charge in [-0.25, -0.2) is 4.39 Å². The van der Waals surface area contributed by atoms with Crippen LogP contribution in [0.4, 0.5) is 4.39 Å². The summed E-state index contributed by atoms with van der Waals surface area (Å²) in [5.74, 6) is 0. The maximum atomic E-state index is 11.9. The molecule has 0 radical (unpaired) electrons. The monoisotopic (exact) mass is 266 g/mol. The molecular weight excluding hydrogens is 258 g/mol. The number of halogens is 2. The average molecular weight is 266 g/mol. The number of benzene rings is 1. The first-order chi connectivity index (χ1) is 5.24. The highest BCUT2D eigenvalue weighted by Crippen LogP contribution is 2.14. The Bertz CT molecular complexity index is 222. The van der Waals surface area contributed by atoms with Crippen LogP contribution >= 0.6 is 22.6 Å². The Balaban J connectivity index is 2.81. The van der Waals surface area contributed by atoms with Crippen LogP contribution in [0.3, 0.4) is 0 Å². The minimum absolute atomic E-state index is 0.632. The van der Waals surface area contributed by atoms with Crippen molar-refractivity contribution >= 4 is 22.6 Å². The molecule has 1 atom stereocenters. The van der Waals surface area contributed by atoms with E-state index < -0.39 is 12.8 Å². The maximum Gasteiger partial charge on any atom is 0.119 e. The van der Waals surface area contributed by atoms with Gasteiger partial charge in [0.15, 0.2) is 0 Å². The van der Waals surface area contributed by atoms with E-state index in [-0.39, 0.29) is 0 Å². The summed E-state index contributed by atoms with van der Waals surface area (Å²) in [7, 11) is 0. The van der Waals surface area contributed by atoms with Crippen LogP contribution in [-0.2, 0) is 0 Å². The van der Waals surface area contributed by atoms with Gasteiger partial charge < -0.3 is 5.11 Å². The molecule has 1 nitrogen and oxygen atoms in total. The summed E-state index contributed by atoms with van der Waals surface area (Å²) < 4.78 is 13.0. The van der Waals surface area contributed by atoms with E-state index in [1.54, 1.807) is 12.1 Å². The fourth-order valence-electron chi connectivity index (χ4n) is 0.774. The van der Waals surface area contributed by atoms with E-state index in [4.69, 9.17) is 5.11 Å². The number of aliphatic hydroxyl groups excluding tert-OH is 1. The number of hydrogen-bond acceptors (Lipinski definition) is 1. The molecule has 1 aromatic carbocycles. The first-order valence-electron chi connectivity index (χ1n) is 3.23. The summed E-state index contributed by atoms with van der Waals surface area (Å²) in [5, 5.41) is 9.04. The lowest BCUT2D eigenvalue weighted by Crippen LogP contribution is -1.98. The van der Waals surface area contributed by atoms with Crippen molar-refractivity contribution < 1.29 is 9.50 Å². The van der Waals surface area contributed by atoms with Gasteiger partial charge in [-0.05, 0) is 40.3 Å². The molecule has 0 spiro atoms. The van der Waals surface area contributed by atoms with E-state index in [1.165, 1.54) is 0 Å². The number of aliphatic hydroxyl groups is 1. The van der Waals surface area contributed by atoms with Gasteiger partial charge >= 0.3 is 0 Å². The van der Waals surface area contributed by atoms with Gasteiger partial charge in [0.05, 0.1) is 0 Å². The third-order valence-electron chi connectivity index (χ3n) is 1.40. The van der Waals surface area contributed by atoms with Crippen LogP contribution in [0.15, 0.2) is 24.3 Å². The van der Waals surface area contributed by atoms with Crippen molar-refractivity contribution in [2.75, 3.05) is 6.67 Å². The Hall–Kier alpha value is -0.160. The van der Waals surface area contributed by atoms with E-state index in [9.17, 15) is 4.39 Å². The van der Waals surface area contributed by atoms with E-state index in [1.807, 2.05) is 12.1 Å². The zero-order valence-corrected chi connectivity index (χ0v) is 7.95. The second-order valence-electron chi connectivity index (χ2n) is 2.22. The van der Waals surface area contributed by atoms with Gasteiger partial charge in [-0.1, -0.05) is 12.1 Å². The molecule has 0 aliphatic rings. The summed E-state index contributed by atoms with van der Waals surface area (Å²) in [6, 6.07) is 7.14. The van der Waals surface area contributed by atoms with Crippen molar-refractivity contribution in [1.82, 2.24) is 0 Å². The van der Waals surface area contributed by atoms with Crippen LogP contribution in [0.2, 0.25) is 0 Å². The molecule has 11 heavy (non-hydrogen) atoms. The molecule has 1 aromatic rings. The SMILES string of the molecule is OC(CF)c1ccc(I)cc1. The Morgan fingerprint density at radius 1 is 1.36 bits per heavy atom. The molecule has 0 heterocycles. The van der Waals surface area contributed by atoms with Gasteiger partial charge in [0, 0.05) is 3.57 Å². The van der Waals surface area contributed by atoms with Crippen molar-refractivity contribution in [3.8, 4) is 0 Å². The minimum atomic E-state index is -0.966. The fraction of sp³-hybridized carbons (Fsp3) is 0.250. The molecule has 0 fully saturated rings. The molecule has 1 N–H and O–H groups in total. The zero-order chi connectivity index (χ0) is 8.27. The van der Waals surface area contributed by atoms with Crippen LogP contribution in [0, 0.1) is 3.57 Å². The Morgan fingerprint density at radius 3 is 2.36 bits per heavy atom.